The average molecular weight is 399 g/mol. The molecule has 0 saturated heterocycles. The van der Waals surface area contributed by atoms with Gasteiger partial charge in [-0.3, -0.25) is 10.1 Å². The van der Waals surface area contributed by atoms with Crippen molar-refractivity contribution >= 4 is 11.7 Å². The molecule has 0 radical (unpaired) electrons. The molecule has 1 heterocycles. The summed E-state index contributed by atoms with van der Waals surface area (Å²) < 4.78 is 26.6. The van der Waals surface area contributed by atoms with E-state index in [1.54, 1.807) is 12.1 Å². The molecular weight excluding hydrogens is 376 g/mol. The molecule has 0 aliphatic heterocycles. The maximum atomic E-state index is 13.5. The van der Waals surface area contributed by atoms with Crippen molar-refractivity contribution in [2.75, 3.05) is 11.9 Å². The maximum Gasteiger partial charge on any atom is 0.231 e. The van der Waals surface area contributed by atoms with E-state index in [0.717, 1.165) is 24.0 Å². The van der Waals surface area contributed by atoms with Crippen molar-refractivity contribution in [2.24, 2.45) is 5.73 Å². The molecular formula is C21H23F2N5O. The van der Waals surface area contributed by atoms with Crippen molar-refractivity contribution in [2.45, 2.75) is 31.7 Å². The van der Waals surface area contributed by atoms with E-state index in [4.69, 9.17) is 11.0 Å². The minimum absolute atomic E-state index is 0.0318. The number of pyridine rings is 1. The Morgan fingerprint density at radius 1 is 1.34 bits per heavy atom. The number of halogens is 2. The maximum absolute atomic E-state index is 13.5. The van der Waals surface area contributed by atoms with E-state index < -0.39 is 23.1 Å². The highest BCUT2D eigenvalue weighted by Gasteiger charge is 2.46. The second-order valence-electron chi connectivity index (χ2n) is 6.63. The van der Waals surface area contributed by atoms with Gasteiger partial charge in [-0.05, 0) is 37.5 Å². The summed E-state index contributed by atoms with van der Waals surface area (Å²) in [4.78, 5) is 14.7. The first-order valence-corrected chi connectivity index (χ1v) is 9.10. The summed E-state index contributed by atoms with van der Waals surface area (Å²) >= 11 is 0. The molecule has 0 unspecified atom stereocenters. The fourth-order valence-corrected chi connectivity index (χ4v) is 2.60. The number of benzene rings is 1. The lowest BCUT2D eigenvalue weighted by atomic mass is 10.0. The van der Waals surface area contributed by atoms with E-state index in [1.807, 2.05) is 13.0 Å². The second-order valence-corrected chi connectivity index (χ2v) is 6.63. The number of nitrogens with two attached hydrogens (primary N) is 1. The van der Waals surface area contributed by atoms with Gasteiger partial charge >= 0.3 is 0 Å². The molecule has 1 aromatic carbocycles. The average Bonchev–Trinajstić information content (AvgIpc) is 3.50. The minimum atomic E-state index is -0.871. The third kappa shape index (κ3) is 6.09. The monoisotopic (exact) mass is 399 g/mol. The number of nitrogens with one attached hydrogen (secondary N) is 2. The number of hydrogen-bond acceptors (Lipinski definition) is 5. The van der Waals surface area contributed by atoms with E-state index in [-0.39, 0.29) is 12.1 Å². The van der Waals surface area contributed by atoms with Crippen molar-refractivity contribution in [3.63, 3.8) is 0 Å². The molecule has 1 aliphatic rings. The Balaban J connectivity index is 0.000000212. The van der Waals surface area contributed by atoms with Crippen molar-refractivity contribution in [1.82, 2.24) is 10.3 Å². The van der Waals surface area contributed by atoms with Crippen LogP contribution in [0.2, 0.25) is 0 Å². The number of amides is 1. The Morgan fingerprint density at radius 2 is 2.07 bits per heavy atom. The molecule has 29 heavy (non-hydrogen) atoms. The largest absolute Gasteiger partial charge is 0.369 e. The third-order valence-corrected chi connectivity index (χ3v) is 4.44. The van der Waals surface area contributed by atoms with Crippen LogP contribution in [0.25, 0.3) is 0 Å². The molecule has 1 aromatic heterocycles. The van der Waals surface area contributed by atoms with Crippen molar-refractivity contribution < 1.29 is 13.6 Å². The first-order valence-electron chi connectivity index (χ1n) is 9.10. The summed E-state index contributed by atoms with van der Waals surface area (Å²) in [6, 6.07) is 9.55. The van der Waals surface area contributed by atoms with Crippen LogP contribution in [0.1, 0.15) is 37.3 Å². The van der Waals surface area contributed by atoms with Gasteiger partial charge in [0, 0.05) is 23.0 Å². The first kappa shape index (κ1) is 22.0. The van der Waals surface area contributed by atoms with Crippen LogP contribution in [-0.2, 0) is 10.3 Å². The fraction of sp³-hybridized carbons (Fsp3) is 0.286. The third-order valence-electron chi connectivity index (χ3n) is 4.44. The second kappa shape index (κ2) is 9.75. The van der Waals surface area contributed by atoms with E-state index in [0.29, 0.717) is 18.4 Å². The van der Waals surface area contributed by atoms with Crippen LogP contribution < -0.4 is 16.4 Å². The van der Waals surface area contributed by atoms with Gasteiger partial charge in [-0.1, -0.05) is 25.6 Å². The van der Waals surface area contributed by atoms with Gasteiger partial charge in [0.2, 0.25) is 5.91 Å². The van der Waals surface area contributed by atoms with Gasteiger partial charge in [0.1, 0.15) is 11.9 Å². The number of aromatic nitrogens is 1. The van der Waals surface area contributed by atoms with Crippen LogP contribution >= 0.6 is 0 Å². The standard InChI is InChI=1S/C11H12F2N2O.C10H11N3/c12-8-3-1-2-7(10(8)13)11(4-5-11)15-6-9(14)16;1-3-8(2)13-10-5-4-9(6-11)7-12-10/h1-3,15H,4-6H2,(H2,14,16);4-5,7H,2-3H2,1H3,(H,12,13). The number of rotatable bonds is 7. The van der Waals surface area contributed by atoms with Crippen LogP contribution in [0.5, 0.6) is 0 Å². The van der Waals surface area contributed by atoms with Gasteiger partial charge in [-0.2, -0.15) is 5.26 Å². The molecule has 152 valence electrons. The Bertz CT molecular complexity index is 918. The van der Waals surface area contributed by atoms with Crippen LogP contribution in [-0.4, -0.2) is 17.4 Å². The SMILES string of the molecule is C=C(CC)Nc1ccc(C#N)cn1.NC(=O)CNC1(c2cccc(F)c2F)CC1. The lowest BCUT2D eigenvalue weighted by molar-refractivity contribution is -0.117. The molecule has 6 nitrogen and oxygen atoms in total. The van der Waals surface area contributed by atoms with Gasteiger partial charge in [-0.15, -0.1) is 0 Å². The first-order chi connectivity index (χ1) is 13.8. The summed E-state index contributed by atoms with van der Waals surface area (Å²) in [5, 5.41) is 14.4. The van der Waals surface area contributed by atoms with Crippen LogP contribution in [0, 0.1) is 23.0 Å². The van der Waals surface area contributed by atoms with Crippen LogP contribution in [0.3, 0.4) is 0 Å². The summed E-state index contributed by atoms with van der Waals surface area (Å²) in [7, 11) is 0. The molecule has 0 spiro atoms. The Hall–Kier alpha value is -3.31. The lowest BCUT2D eigenvalue weighted by Gasteiger charge is -2.17. The predicted molar refractivity (Wildman–Crippen MR) is 106 cm³/mol. The normalized spacial score (nSPS) is 13.4. The Labute approximate surface area is 168 Å². The number of allylic oxidation sites excluding steroid dienone is 1. The molecule has 3 rings (SSSR count). The smallest absolute Gasteiger partial charge is 0.231 e. The zero-order valence-electron chi connectivity index (χ0n) is 16.1. The lowest BCUT2D eigenvalue weighted by Crippen LogP contribution is -2.37. The Morgan fingerprint density at radius 3 is 2.59 bits per heavy atom. The van der Waals surface area contributed by atoms with Gasteiger partial charge in [0.15, 0.2) is 11.6 Å². The van der Waals surface area contributed by atoms with Gasteiger partial charge in [-0.25, -0.2) is 13.8 Å². The van der Waals surface area contributed by atoms with Crippen LogP contribution in [0.4, 0.5) is 14.6 Å². The number of primary amides is 1. The van der Waals surface area contributed by atoms with E-state index in [2.05, 4.69) is 22.2 Å². The number of nitriles is 1. The van der Waals surface area contributed by atoms with E-state index in [1.165, 1.54) is 18.3 Å². The minimum Gasteiger partial charge on any atom is -0.369 e. The van der Waals surface area contributed by atoms with Gasteiger partial charge in [0.05, 0.1) is 12.1 Å². The number of carbonyl (C=O) groups is 1. The highest BCUT2D eigenvalue weighted by molar-refractivity contribution is 5.76. The van der Waals surface area contributed by atoms with Crippen molar-refractivity contribution in [1.29, 1.82) is 5.26 Å². The topological polar surface area (TPSA) is 104 Å². The van der Waals surface area contributed by atoms with E-state index >= 15 is 0 Å². The van der Waals surface area contributed by atoms with Crippen molar-refractivity contribution in [3.8, 4) is 6.07 Å². The fourth-order valence-electron chi connectivity index (χ4n) is 2.60. The summed E-state index contributed by atoms with van der Waals surface area (Å²) in [6.07, 6.45) is 3.76. The number of nitrogens with zero attached hydrogens (tertiary/aromatic N) is 2. The summed E-state index contributed by atoms with van der Waals surface area (Å²) in [6.45, 7) is 5.78. The molecule has 1 saturated carbocycles. The molecule has 0 bridgehead atoms. The molecule has 1 fully saturated rings. The predicted octanol–water partition coefficient (Wildman–Crippen LogP) is 3.32. The molecule has 0 atom stereocenters. The highest BCUT2D eigenvalue weighted by Crippen LogP contribution is 2.46. The molecule has 4 N–H and O–H groups in total. The molecule has 2 aromatic rings. The number of carbonyl (C=O) groups excluding carboxylic acids is 1. The van der Waals surface area contributed by atoms with E-state index in [9.17, 15) is 13.6 Å². The molecule has 1 amide bonds. The summed E-state index contributed by atoms with van der Waals surface area (Å²) in [5.74, 6) is -1.50. The Kier molecular flexibility index (Phi) is 7.39. The zero-order chi connectivity index (χ0) is 21.4. The van der Waals surface area contributed by atoms with Gasteiger partial charge in [0.25, 0.3) is 0 Å². The highest BCUT2D eigenvalue weighted by atomic mass is 19.2. The quantitative estimate of drug-likeness (QED) is 0.663. The zero-order valence-corrected chi connectivity index (χ0v) is 16.1. The van der Waals surface area contributed by atoms with Crippen LogP contribution in [0.15, 0.2) is 48.8 Å². The van der Waals surface area contributed by atoms with Crippen molar-refractivity contribution in [3.05, 3.63) is 71.6 Å². The number of anilines is 1. The van der Waals surface area contributed by atoms with Gasteiger partial charge < -0.3 is 11.1 Å². The molecule has 8 heteroatoms. The number of hydrogen-bond donors (Lipinski definition) is 3. The molecule has 1 aliphatic carbocycles. The summed E-state index contributed by atoms with van der Waals surface area (Å²) in [5.41, 5.74) is 6.14.